The molecule has 0 N–H and O–H groups in total. The molecule has 2 fully saturated rings. The zero-order chi connectivity index (χ0) is 23.9. The van der Waals surface area contributed by atoms with Crippen LogP contribution in [0.25, 0.3) is 10.8 Å². The Morgan fingerprint density at radius 3 is 2.24 bits per heavy atom. The van der Waals surface area contributed by atoms with Gasteiger partial charge in [0.05, 0.1) is 17.0 Å². The molecule has 5 rings (SSSR count). The van der Waals surface area contributed by atoms with E-state index in [1.807, 2.05) is 24.3 Å². The molecule has 3 aromatic carbocycles. The van der Waals surface area contributed by atoms with E-state index in [-0.39, 0.29) is 23.0 Å². The molecule has 0 spiro atoms. The number of carbonyl (C=O) groups is 2. The zero-order valence-corrected chi connectivity index (χ0v) is 19.4. The van der Waals surface area contributed by atoms with Gasteiger partial charge < -0.3 is 0 Å². The lowest BCUT2D eigenvalue weighted by molar-refractivity contribution is -0.122. The van der Waals surface area contributed by atoms with Gasteiger partial charge in [0, 0.05) is 6.04 Å². The van der Waals surface area contributed by atoms with E-state index in [1.54, 1.807) is 18.2 Å². The van der Waals surface area contributed by atoms with Crippen LogP contribution < -0.4 is 4.90 Å². The first kappa shape index (κ1) is 22.7. The maximum absolute atomic E-state index is 14.0. The van der Waals surface area contributed by atoms with Crippen LogP contribution in [0.4, 0.5) is 10.1 Å². The van der Waals surface area contributed by atoms with E-state index >= 15 is 0 Å². The standard InChI is InChI=1S/C26H25FN2O4S/c27-20-11-13-21(14-12-20)28-25(30)17-24(26(28)31)29(22-8-2-1-3-9-22)34(32,33)23-15-10-18-6-4-5-7-19(18)16-23/h4-7,10-16,22,24H,1-3,8-9,17H2. The molecule has 1 heterocycles. The van der Waals surface area contributed by atoms with Crippen molar-refractivity contribution in [2.24, 2.45) is 0 Å². The van der Waals surface area contributed by atoms with Gasteiger partial charge in [0.15, 0.2) is 0 Å². The smallest absolute Gasteiger partial charge is 0.252 e. The number of hydrogen-bond acceptors (Lipinski definition) is 4. The fourth-order valence-electron chi connectivity index (χ4n) is 5.08. The van der Waals surface area contributed by atoms with Crippen LogP contribution in [0.5, 0.6) is 0 Å². The molecular formula is C26H25FN2O4S. The van der Waals surface area contributed by atoms with Crippen LogP contribution in [0, 0.1) is 5.82 Å². The van der Waals surface area contributed by atoms with Crippen molar-refractivity contribution >= 4 is 38.3 Å². The van der Waals surface area contributed by atoms with E-state index in [0.717, 1.165) is 34.9 Å². The first-order valence-corrected chi connectivity index (χ1v) is 12.9. The zero-order valence-electron chi connectivity index (χ0n) is 18.6. The van der Waals surface area contributed by atoms with Crippen molar-refractivity contribution in [1.82, 2.24) is 4.31 Å². The van der Waals surface area contributed by atoms with E-state index in [1.165, 1.54) is 28.6 Å². The molecular weight excluding hydrogens is 455 g/mol. The Balaban J connectivity index is 1.56. The molecule has 3 aromatic rings. The number of carbonyl (C=O) groups excluding carboxylic acids is 2. The highest BCUT2D eigenvalue weighted by Gasteiger charge is 2.49. The summed E-state index contributed by atoms with van der Waals surface area (Å²) >= 11 is 0. The minimum atomic E-state index is -4.07. The number of anilines is 1. The Kier molecular flexibility index (Phi) is 5.95. The molecule has 1 saturated heterocycles. The summed E-state index contributed by atoms with van der Waals surface area (Å²) in [6.45, 7) is 0. The Labute approximate surface area is 198 Å². The van der Waals surface area contributed by atoms with Gasteiger partial charge in [0.2, 0.25) is 15.9 Å². The van der Waals surface area contributed by atoms with Gasteiger partial charge in [-0.3, -0.25) is 9.59 Å². The molecule has 176 valence electrons. The number of hydrogen-bond donors (Lipinski definition) is 0. The molecule has 0 bridgehead atoms. The number of benzene rings is 3. The lowest BCUT2D eigenvalue weighted by atomic mass is 9.94. The Hall–Kier alpha value is -3.10. The third-order valence-corrected chi connectivity index (χ3v) is 8.70. The predicted octanol–water partition coefficient (Wildman–Crippen LogP) is 4.63. The average molecular weight is 481 g/mol. The maximum atomic E-state index is 14.0. The molecule has 8 heteroatoms. The fourth-order valence-corrected chi connectivity index (χ4v) is 6.94. The summed E-state index contributed by atoms with van der Waals surface area (Å²) in [7, 11) is -4.07. The van der Waals surface area contributed by atoms with E-state index in [9.17, 15) is 22.4 Å². The lowest BCUT2D eigenvalue weighted by Crippen LogP contribution is -2.51. The number of nitrogens with zero attached hydrogens (tertiary/aromatic N) is 2. The van der Waals surface area contributed by atoms with E-state index in [2.05, 4.69) is 0 Å². The predicted molar refractivity (Wildman–Crippen MR) is 127 cm³/mol. The van der Waals surface area contributed by atoms with Crippen molar-refractivity contribution in [3.63, 3.8) is 0 Å². The Morgan fingerprint density at radius 1 is 0.853 bits per heavy atom. The lowest BCUT2D eigenvalue weighted by Gasteiger charge is -2.36. The molecule has 1 atom stereocenters. The van der Waals surface area contributed by atoms with Gasteiger partial charge in [0.25, 0.3) is 5.91 Å². The van der Waals surface area contributed by atoms with Gasteiger partial charge in [-0.15, -0.1) is 0 Å². The highest BCUT2D eigenvalue weighted by molar-refractivity contribution is 7.89. The third kappa shape index (κ3) is 4.01. The Morgan fingerprint density at radius 2 is 1.53 bits per heavy atom. The maximum Gasteiger partial charge on any atom is 0.252 e. The van der Waals surface area contributed by atoms with Crippen molar-refractivity contribution in [1.29, 1.82) is 0 Å². The van der Waals surface area contributed by atoms with Gasteiger partial charge in [-0.1, -0.05) is 49.6 Å². The van der Waals surface area contributed by atoms with E-state index < -0.39 is 33.7 Å². The SMILES string of the molecule is O=C1CC(N(C2CCCCC2)S(=O)(=O)c2ccc3ccccc3c2)C(=O)N1c1ccc(F)cc1. The van der Waals surface area contributed by atoms with Gasteiger partial charge >= 0.3 is 0 Å². The van der Waals surface area contributed by atoms with Gasteiger partial charge in [-0.2, -0.15) is 4.31 Å². The van der Waals surface area contributed by atoms with Gasteiger partial charge in [-0.25, -0.2) is 17.7 Å². The van der Waals surface area contributed by atoms with Crippen molar-refractivity contribution in [2.75, 3.05) is 4.90 Å². The van der Waals surface area contributed by atoms with Crippen LogP contribution in [0.1, 0.15) is 38.5 Å². The number of imide groups is 1. The molecule has 34 heavy (non-hydrogen) atoms. The van der Waals surface area contributed by atoms with E-state index in [4.69, 9.17) is 0 Å². The Bertz CT molecular complexity index is 1350. The topological polar surface area (TPSA) is 74.8 Å². The summed E-state index contributed by atoms with van der Waals surface area (Å²) in [6, 6.07) is 16.0. The summed E-state index contributed by atoms with van der Waals surface area (Å²) in [5.74, 6) is -1.57. The van der Waals surface area contributed by atoms with Crippen LogP contribution in [0.15, 0.2) is 71.6 Å². The first-order valence-electron chi connectivity index (χ1n) is 11.5. The largest absolute Gasteiger partial charge is 0.274 e. The summed E-state index contributed by atoms with van der Waals surface area (Å²) in [6.07, 6.45) is 3.79. The molecule has 1 aliphatic heterocycles. The van der Waals surface area contributed by atoms with Crippen LogP contribution in [-0.4, -0.2) is 36.6 Å². The van der Waals surface area contributed by atoms with Gasteiger partial charge in [0.1, 0.15) is 11.9 Å². The number of halogens is 1. The second-order valence-electron chi connectivity index (χ2n) is 8.90. The summed E-state index contributed by atoms with van der Waals surface area (Å²) in [5.41, 5.74) is 0.241. The summed E-state index contributed by atoms with van der Waals surface area (Å²) in [5, 5.41) is 1.70. The van der Waals surface area contributed by atoms with Crippen molar-refractivity contribution in [3.8, 4) is 0 Å². The number of rotatable bonds is 5. The normalized spacial score (nSPS) is 19.9. The quantitative estimate of drug-likeness (QED) is 0.499. The van der Waals surface area contributed by atoms with Crippen LogP contribution in [-0.2, 0) is 19.6 Å². The molecule has 1 saturated carbocycles. The summed E-state index contributed by atoms with van der Waals surface area (Å²) < 4.78 is 42.7. The van der Waals surface area contributed by atoms with E-state index in [0.29, 0.717) is 12.8 Å². The number of amides is 2. The molecule has 1 aliphatic carbocycles. The van der Waals surface area contributed by atoms with Gasteiger partial charge in [-0.05, 0) is 60.0 Å². The van der Waals surface area contributed by atoms with Crippen molar-refractivity contribution < 1.29 is 22.4 Å². The fraction of sp³-hybridized carbons (Fsp3) is 0.308. The molecule has 2 aliphatic rings. The molecule has 6 nitrogen and oxygen atoms in total. The first-order chi connectivity index (χ1) is 16.4. The molecule has 2 amide bonds. The second kappa shape index (κ2) is 8.92. The highest BCUT2D eigenvalue weighted by atomic mass is 32.2. The molecule has 0 aromatic heterocycles. The third-order valence-electron chi connectivity index (χ3n) is 6.75. The minimum Gasteiger partial charge on any atom is -0.274 e. The highest BCUT2D eigenvalue weighted by Crippen LogP contribution is 2.35. The van der Waals surface area contributed by atoms with Crippen LogP contribution >= 0.6 is 0 Å². The minimum absolute atomic E-state index is 0.109. The number of sulfonamides is 1. The summed E-state index contributed by atoms with van der Waals surface area (Å²) in [4.78, 5) is 27.5. The second-order valence-corrected chi connectivity index (χ2v) is 10.7. The number of fused-ring (bicyclic) bond motifs is 1. The average Bonchev–Trinajstić information content (AvgIpc) is 3.13. The monoisotopic (exact) mass is 480 g/mol. The van der Waals surface area contributed by atoms with Crippen LogP contribution in [0.2, 0.25) is 0 Å². The van der Waals surface area contributed by atoms with Crippen molar-refractivity contribution in [2.45, 2.75) is 55.5 Å². The molecule has 0 radical (unpaired) electrons. The van der Waals surface area contributed by atoms with Crippen LogP contribution in [0.3, 0.4) is 0 Å². The molecule has 1 unspecified atom stereocenters. The van der Waals surface area contributed by atoms with Crippen molar-refractivity contribution in [3.05, 3.63) is 72.5 Å².